The van der Waals surface area contributed by atoms with Crippen molar-refractivity contribution >= 4 is 27.7 Å². The first-order valence-electron chi connectivity index (χ1n) is 7.10. The molecule has 0 radical (unpaired) electrons. The Kier molecular flexibility index (Phi) is 5.61. The molecule has 0 aromatic heterocycles. The maximum atomic E-state index is 12.6. The summed E-state index contributed by atoms with van der Waals surface area (Å²) in [5.41, 5.74) is 6.55. The van der Waals surface area contributed by atoms with Crippen molar-refractivity contribution in [3.8, 4) is 0 Å². The van der Waals surface area contributed by atoms with Gasteiger partial charge in [-0.3, -0.25) is 4.79 Å². The Morgan fingerprint density at radius 1 is 1.43 bits per heavy atom. The molecule has 0 bridgehead atoms. The Balaban J connectivity index is 2.09. The number of nitrogens with two attached hydrogens (primary N) is 1. The van der Waals surface area contributed by atoms with E-state index in [9.17, 15) is 4.79 Å². The molecular formula is C15H20BrN3O2. The quantitative estimate of drug-likeness (QED) is 0.369. The van der Waals surface area contributed by atoms with E-state index in [1.54, 1.807) is 4.90 Å². The number of carbonyl (C=O) groups excluding carboxylic acids is 1. The normalized spacial score (nSPS) is 16.1. The van der Waals surface area contributed by atoms with E-state index in [0.29, 0.717) is 6.42 Å². The summed E-state index contributed by atoms with van der Waals surface area (Å²) in [6, 6.07) is 7.91. The summed E-state index contributed by atoms with van der Waals surface area (Å²) >= 11 is 3.41. The van der Waals surface area contributed by atoms with Gasteiger partial charge in [0.25, 0.3) is 0 Å². The van der Waals surface area contributed by atoms with E-state index in [4.69, 9.17) is 10.9 Å². The van der Waals surface area contributed by atoms with Crippen LogP contribution in [0.3, 0.4) is 0 Å². The van der Waals surface area contributed by atoms with Crippen LogP contribution in [0.5, 0.6) is 0 Å². The number of rotatable bonds is 5. The Morgan fingerprint density at radius 2 is 2.14 bits per heavy atom. The Morgan fingerprint density at radius 3 is 2.76 bits per heavy atom. The van der Waals surface area contributed by atoms with Crippen LogP contribution in [0.2, 0.25) is 0 Å². The fraction of sp³-hybridized carbons (Fsp3) is 0.467. The number of benzene rings is 1. The average molecular weight is 354 g/mol. The number of oxime groups is 1. The first kappa shape index (κ1) is 15.8. The molecule has 1 aromatic carbocycles. The highest BCUT2D eigenvalue weighted by Crippen LogP contribution is 2.24. The summed E-state index contributed by atoms with van der Waals surface area (Å²) in [6.45, 7) is 0.188. The molecule has 21 heavy (non-hydrogen) atoms. The van der Waals surface area contributed by atoms with Gasteiger partial charge < -0.3 is 15.8 Å². The van der Waals surface area contributed by atoms with Gasteiger partial charge in [0.15, 0.2) is 5.84 Å². The second-order valence-electron chi connectivity index (χ2n) is 5.36. The van der Waals surface area contributed by atoms with Gasteiger partial charge >= 0.3 is 0 Å². The maximum Gasteiger partial charge on any atom is 0.227 e. The molecule has 0 heterocycles. The topological polar surface area (TPSA) is 78.9 Å². The molecule has 1 fully saturated rings. The van der Waals surface area contributed by atoms with E-state index in [0.717, 1.165) is 35.7 Å². The summed E-state index contributed by atoms with van der Waals surface area (Å²) in [4.78, 5) is 14.3. The van der Waals surface area contributed by atoms with Gasteiger partial charge in [0.2, 0.25) is 5.91 Å². The van der Waals surface area contributed by atoms with Gasteiger partial charge in [-0.2, -0.15) is 0 Å². The monoisotopic (exact) mass is 353 g/mol. The van der Waals surface area contributed by atoms with Crippen LogP contribution in [0.4, 0.5) is 0 Å². The van der Waals surface area contributed by atoms with E-state index in [2.05, 4.69) is 21.1 Å². The third-order valence-electron chi connectivity index (χ3n) is 3.79. The zero-order valence-electron chi connectivity index (χ0n) is 11.8. The van der Waals surface area contributed by atoms with Crippen molar-refractivity contribution in [2.45, 2.75) is 38.1 Å². The Hall–Kier alpha value is -1.56. The fourth-order valence-electron chi connectivity index (χ4n) is 2.77. The zero-order chi connectivity index (χ0) is 15.2. The van der Waals surface area contributed by atoms with Gasteiger partial charge in [-0.1, -0.05) is 46.1 Å². The lowest BCUT2D eigenvalue weighted by molar-refractivity contribution is -0.131. The fourth-order valence-corrected chi connectivity index (χ4v) is 3.21. The summed E-state index contributed by atoms with van der Waals surface area (Å²) < 4.78 is 0.955. The lowest BCUT2D eigenvalue weighted by Crippen LogP contribution is -2.44. The third-order valence-corrected chi connectivity index (χ3v) is 4.28. The third kappa shape index (κ3) is 4.46. The van der Waals surface area contributed by atoms with Crippen molar-refractivity contribution < 1.29 is 10.0 Å². The SMILES string of the molecule is NC(CN(C(=O)Cc1cccc(Br)c1)C1CCCC1)=NO. The molecule has 2 rings (SSSR count). The van der Waals surface area contributed by atoms with Gasteiger partial charge in [0.1, 0.15) is 0 Å². The number of halogens is 1. The Labute approximate surface area is 132 Å². The molecule has 5 nitrogen and oxygen atoms in total. The lowest BCUT2D eigenvalue weighted by Gasteiger charge is -2.28. The number of carbonyl (C=O) groups is 1. The van der Waals surface area contributed by atoms with E-state index < -0.39 is 0 Å². The van der Waals surface area contributed by atoms with Crippen molar-refractivity contribution in [2.24, 2.45) is 10.9 Å². The van der Waals surface area contributed by atoms with Crippen molar-refractivity contribution in [1.29, 1.82) is 0 Å². The van der Waals surface area contributed by atoms with Crippen molar-refractivity contribution in [3.05, 3.63) is 34.3 Å². The molecule has 114 valence electrons. The lowest BCUT2D eigenvalue weighted by atomic mass is 10.1. The molecule has 1 aromatic rings. The van der Waals surface area contributed by atoms with Crippen LogP contribution in [0, 0.1) is 0 Å². The summed E-state index contributed by atoms with van der Waals surface area (Å²) in [7, 11) is 0. The minimum absolute atomic E-state index is 0.0200. The maximum absolute atomic E-state index is 12.6. The van der Waals surface area contributed by atoms with Crippen LogP contribution in [0.15, 0.2) is 33.9 Å². The smallest absolute Gasteiger partial charge is 0.227 e. The van der Waals surface area contributed by atoms with Gasteiger partial charge in [-0.25, -0.2) is 0 Å². The van der Waals surface area contributed by atoms with E-state index in [1.807, 2.05) is 24.3 Å². The predicted molar refractivity (Wildman–Crippen MR) is 85.2 cm³/mol. The Bertz CT molecular complexity index is 527. The van der Waals surface area contributed by atoms with Crippen LogP contribution < -0.4 is 5.73 Å². The van der Waals surface area contributed by atoms with Crippen LogP contribution >= 0.6 is 15.9 Å². The first-order valence-corrected chi connectivity index (χ1v) is 7.89. The van der Waals surface area contributed by atoms with Crippen molar-refractivity contribution in [2.75, 3.05) is 6.54 Å². The van der Waals surface area contributed by atoms with Crippen molar-refractivity contribution in [1.82, 2.24) is 4.90 Å². The number of hydrogen-bond donors (Lipinski definition) is 2. The molecule has 1 saturated carbocycles. The predicted octanol–water partition coefficient (Wildman–Crippen LogP) is 2.51. The van der Waals surface area contributed by atoms with Crippen molar-refractivity contribution in [3.63, 3.8) is 0 Å². The van der Waals surface area contributed by atoms with E-state index in [-0.39, 0.29) is 24.3 Å². The van der Waals surface area contributed by atoms with Crippen LogP contribution in [0.25, 0.3) is 0 Å². The molecule has 0 atom stereocenters. The summed E-state index contributed by atoms with van der Waals surface area (Å²) in [5.74, 6) is 0.0936. The largest absolute Gasteiger partial charge is 0.409 e. The van der Waals surface area contributed by atoms with Crippen LogP contribution in [-0.4, -0.2) is 34.4 Å². The number of amidine groups is 1. The highest BCUT2D eigenvalue weighted by atomic mass is 79.9. The highest BCUT2D eigenvalue weighted by Gasteiger charge is 2.27. The minimum atomic E-state index is 0.0200. The van der Waals surface area contributed by atoms with Gasteiger partial charge in [-0.15, -0.1) is 0 Å². The molecule has 6 heteroatoms. The molecule has 0 spiro atoms. The number of hydrogen-bond acceptors (Lipinski definition) is 3. The molecular weight excluding hydrogens is 334 g/mol. The molecule has 1 aliphatic carbocycles. The van der Waals surface area contributed by atoms with E-state index >= 15 is 0 Å². The average Bonchev–Trinajstić information content (AvgIpc) is 2.98. The van der Waals surface area contributed by atoms with Crippen LogP contribution in [-0.2, 0) is 11.2 Å². The molecule has 0 unspecified atom stereocenters. The highest BCUT2D eigenvalue weighted by molar-refractivity contribution is 9.10. The number of amides is 1. The standard InChI is InChI=1S/C15H20BrN3O2/c16-12-5-3-4-11(8-12)9-15(20)19(10-14(17)18-21)13-6-1-2-7-13/h3-5,8,13,21H,1-2,6-7,9-10H2,(H2,17,18). The minimum Gasteiger partial charge on any atom is -0.409 e. The van der Waals surface area contributed by atoms with E-state index in [1.165, 1.54) is 0 Å². The van der Waals surface area contributed by atoms with Gasteiger partial charge in [0, 0.05) is 10.5 Å². The second-order valence-corrected chi connectivity index (χ2v) is 6.27. The second kappa shape index (κ2) is 7.45. The summed E-state index contributed by atoms with van der Waals surface area (Å²) in [6.07, 6.45) is 4.56. The molecule has 3 N–H and O–H groups in total. The number of nitrogens with zero attached hydrogens (tertiary/aromatic N) is 2. The molecule has 0 saturated heterocycles. The van der Waals surface area contributed by atoms with Gasteiger partial charge in [-0.05, 0) is 30.5 Å². The first-order chi connectivity index (χ1) is 10.1. The van der Waals surface area contributed by atoms with Gasteiger partial charge in [0.05, 0.1) is 13.0 Å². The molecule has 1 amide bonds. The van der Waals surface area contributed by atoms with Crippen LogP contribution in [0.1, 0.15) is 31.2 Å². The summed E-state index contributed by atoms with van der Waals surface area (Å²) in [5, 5.41) is 11.7. The molecule has 0 aliphatic heterocycles. The molecule has 1 aliphatic rings. The zero-order valence-corrected chi connectivity index (χ0v) is 13.4.